The Hall–Kier alpha value is -2.34. The molecule has 3 fully saturated rings. The van der Waals surface area contributed by atoms with Gasteiger partial charge in [0.2, 0.25) is 11.8 Å². The Morgan fingerprint density at radius 3 is 2.86 bits per heavy atom. The lowest BCUT2D eigenvalue weighted by Gasteiger charge is -2.34. The summed E-state index contributed by atoms with van der Waals surface area (Å²) in [5, 5.41) is 1.03. The van der Waals surface area contributed by atoms with Gasteiger partial charge in [-0.05, 0) is 37.0 Å². The SMILES string of the molecule is Cc1cc(C)c2c(CC(=O)N3CC[C@@]45OC[C@@H](C(C)C)N4C(=O)C[C@@H]35)coc2c1. The van der Waals surface area contributed by atoms with Gasteiger partial charge in [-0.3, -0.25) is 9.59 Å². The Kier molecular flexibility index (Phi) is 4.07. The van der Waals surface area contributed by atoms with E-state index in [1.54, 1.807) is 6.26 Å². The third-order valence-corrected chi connectivity index (χ3v) is 7.01. The lowest BCUT2D eigenvalue weighted by atomic mass is 10.0. The van der Waals surface area contributed by atoms with Crippen LogP contribution in [0.2, 0.25) is 0 Å². The summed E-state index contributed by atoms with van der Waals surface area (Å²) in [5.41, 5.74) is 3.39. The average molecular weight is 396 g/mol. The van der Waals surface area contributed by atoms with Gasteiger partial charge in [-0.25, -0.2) is 0 Å². The molecule has 0 bridgehead atoms. The summed E-state index contributed by atoms with van der Waals surface area (Å²) in [6.07, 6.45) is 3.04. The molecule has 6 nitrogen and oxygen atoms in total. The van der Waals surface area contributed by atoms with Crippen molar-refractivity contribution in [2.75, 3.05) is 13.2 Å². The summed E-state index contributed by atoms with van der Waals surface area (Å²) in [6.45, 7) is 9.53. The molecule has 3 aliphatic heterocycles. The Morgan fingerprint density at radius 1 is 1.31 bits per heavy atom. The van der Waals surface area contributed by atoms with E-state index >= 15 is 0 Å². The normalized spacial score (nSPS) is 28.7. The van der Waals surface area contributed by atoms with E-state index in [0.29, 0.717) is 31.9 Å². The topological polar surface area (TPSA) is 63.0 Å². The second kappa shape index (κ2) is 6.33. The van der Waals surface area contributed by atoms with Crippen molar-refractivity contribution in [3.8, 4) is 0 Å². The van der Waals surface area contributed by atoms with E-state index in [2.05, 4.69) is 26.8 Å². The summed E-state index contributed by atoms with van der Waals surface area (Å²) in [4.78, 5) is 29.9. The number of nitrogens with zero attached hydrogens (tertiary/aromatic N) is 2. The first-order chi connectivity index (χ1) is 13.8. The van der Waals surface area contributed by atoms with Crippen LogP contribution in [0.25, 0.3) is 11.0 Å². The minimum atomic E-state index is -0.618. The molecule has 5 rings (SSSR count). The second-order valence-corrected chi connectivity index (χ2v) is 9.18. The van der Waals surface area contributed by atoms with Crippen LogP contribution in [0.5, 0.6) is 0 Å². The number of carbonyl (C=O) groups excluding carboxylic acids is 2. The first-order valence-electron chi connectivity index (χ1n) is 10.5. The first-order valence-corrected chi connectivity index (χ1v) is 10.5. The molecule has 3 saturated heterocycles. The van der Waals surface area contributed by atoms with Crippen molar-refractivity contribution in [1.82, 2.24) is 9.80 Å². The maximum absolute atomic E-state index is 13.3. The molecule has 1 aromatic heterocycles. The number of amides is 2. The van der Waals surface area contributed by atoms with Gasteiger partial charge < -0.3 is 19.0 Å². The van der Waals surface area contributed by atoms with Crippen LogP contribution in [0.15, 0.2) is 22.8 Å². The molecule has 154 valence electrons. The molecule has 0 unspecified atom stereocenters. The van der Waals surface area contributed by atoms with Crippen molar-refractivity contribution in [1.29, 1.82) is 0 Å². The highest BCUT2D eigenvalue weighted by Crippen LogP contribution is 2.49. The largest absolute Gasteiger partial charge is 0.464 e. The molecule has 0 radical (unpaired) electrons. The predicted molar refractivity (Wildman–Crippen MR) is 108 cm³/mol. The number of aryl methyl sites for hydroxylation is 2. The van der Waals surface area contributed by atoms with Crippen LogP contribution in [-0.4, -0.2) is 52.6 Å². The zero-order chi connectivity index (χ0) is 20.5. The predicted octanol–water partition coefficient (Wildman–Crippen LogP) is 3.18. The Labute approximate surface area is 170 Å². The number of carbonyl (C=O) groups is 2. The van der Waals surface area contributed by atoms with Crippen molar-refractivity contribution >= 4 is 22.8 Å². The summed E-state index contributed by atoms with van der Waals surface area (Å²) >= 11 is 0. The fraction of sp³-hybridized carbons (Fsp3) is 0.565. The molecule has 1 aromatic carbocycles. The van der Waals surface area contributed by atoms with Crippen LogP contribution >= 0.6 is 0 Å². The van der Waals surface area contributed by atoms with Crippen LogP contribution in [0.3, 0.4) is 0 Å². The number of hydrogen-bond acceptors (Lipinski definition) is 4. The van der Waals surface area contributed by atoms with Crippen LogP contribution < -0.4 is 0 Å². The summed E-state index contributed by atoms with van der Waals surface area (Å²) in [6, 6.07) is 4.04. The van der Waals surface area contributed by atoms with E-state index < -0.39 is 5.72 Å². The van der Waals surface area contributed by atoms with Gasteiger partial charge in [0, 0.05) is 23.9 Å². The number of fused-ring (bicyclic) bond motifs is 1. The van der Waals surface area contributed by atoms with Gasteiger partial charge in [-0.1, -0.05) is 19.9 Å². The third-order valence-electron chi connectivity index (χ3n) is 7.01. The van der Waals surface area contributed by atoms with Gasteiger partial charge in [0.05, 0.1) is 37.8 Å². The molecule has 0 saturated carbocycles. The summed E-state index contributed by atoms with van der Waals surface area (Å²) in [5.74, 6) is 0.495. The highest BCUT2D eigenvalue weighted by atomic mass is 16.5. The van der Waals surface area contributed by atoms with Gasteiger partial charge in [0.25, 0.3) is 0 Å². The van der Waals surface area contributed by atoms with Crippen LogP contribution in [0.4, 0.5) is 0 Å². The first kappa shape index (κ1) is 18.7. The van der Waals surface area contributed by atoms with Gasteiger partial charge in [0.15, 0.2) is 5.72 Å². The number of ether oxygens (including phenoxy) is 1. The van der Waals surface area contributed by atoms with E-state index in [1.165, 1.54) is 0 Å². The van der Waals surface area contributed by atoms with Crippen molar-refractivity contribution in [3.63, 3.8) is 0 Å². The fourth-order valence-electron chi connectivity index (χ4n) is 5.69. The molecule has 4 heterocycles. The molecule has 0 N–H and O–H groups in total. The minimum Gasteiger partial charge on any atom is -0.464 e. The van der Waals surface area contributed by atoms with Crippen molar-refractivity contribution in [3.05, 3.63) is 35.1 Å². The highest BCUT2D eigenvalue weighted by Gasteiger charge is 2.65. The number of hydrogen-bond donors (Lipinski definition) is 0. The zero-order valence-corrected chi connectivity index (χ0v) is 17.5. The van der Waals surface area contributed by atoms with Crippen LogP contribution in [0, 0.1) is 19.8 Å². The van der Waals surface area contributed by atoms with Gasteiger partial charge in [-0.2, -0.15) is 0 Å². The maximum Gasteiger partial charge on any atom is 0.227 e. The van der Waals surface area contributed by atoms with Crippen molar-refractivity contribution in [2.24, 2.45) is 5.92 Å². The second-order valence-electron chi connectivity index (χ2n) is 9.18. The number of furan rings is 1. The van der Waals surface area contributed by atoms with E-state index in [4.69, 9.17) is 9.15 Å². The molecule has 2 aromatic rings. The molecular formula is C23H28N2O4. The fourth-order valence-corrected chi connectivity index (χ4v) is 5.69. The lowest BCUT2D eigenvalue weighted by Crippen LogP contribution is -2.51. The Bertz CT molecular complexity index is 1010. The number of likely N-dealkylation sites (tertiary alicyclic amines) is 1. The van der Waals surface area contributed by atoms with Crippen LogP contribution in [-0.2, 0) is 20.7 Å². The van der Waals surface area contributed by atoms with Gasteiger partial charge >= 0.3 is 0 Å². The zero-order valence-electron chi connectivity index (χ0n) is 17.5. The van der Waals surface area contributed by atoms with Gasteiger partial charge in [0.1, 0.15) is 5.58 Å². The molecule has 0 aliphatic carbocycles. The van der Waals surface area contributed by atoms with Crippen LogP contribution in [0.1, 0.15) is 43.4 Å². The number of benzene rings is 1. The molecule has 29 heavy (non-hydrogen) atoms. The third kappa shape index (κ3) is 2.58. The molecule has 1 spiro atoms. The quantitative estimate of drug-likeness (QED) is 0.799. The van der Waals surface area contributed by atoms with Crippen molar-refractivity contribution < 1.29 is 18.7 Å². The highest BCUT2D eigenvalue weighted by molar-refractivity contribution is 5.91. The monoisotopic (exact) mass is 396 g/mol. The Morgan fingerprint density at radius 2 is 2.10 bits per heavy atom. The number of rotatable bonds is 3. The maximum atomic E-state index is 13.3. The van der Waals surface area contributed by atoms with Crippen molar-refractivity contribution in [2.45, 2.75) is 64.8 Å². The molecule has 6 heteroatoms. The van der Waals surface area contributed by atoms with E-state index in [9.17, 15) is 9.59 Å². The molecule has 2 amide bonds. The molecule has 3 atom stereocenters. The molecule has 3 aliphatic rings. The smallest absolute Gasteiger partial charge is 0.227 e. The summed E-state index contributed by atoms with van der Waals surface area (Å²) in [7, 11) is 0. The van der Waals surface area contributed by atoms with E-state index in [-0.39, 0.29) is 30.3 Å². The Balaban J connectivity index is 1.41. The van der Waals surface area contributed by atoms with Gasteiger partial charge in [-0.15, -0.1) is 0 Å². The van der Waals surface area contributed by atoms with E-state index in [1.807, 2.05) is 22.8 Å². The standard InChI is InChI=1S/C23H28N2O4/c1-13(2)17-12-29-23-5-6-24(19(23)10-21(27)25(17)23)20(26)9-16-11-28-18-8-14(3)7-15(4)22(16)18/h7-8,11,13,17,19H,5-6,9-10,12H2,1-4H3/t17-,19+,23-/m0/s1. The lowest BCUT2D eigenvalue weighted by molar-refractivity contribution is -0.141. The summed E-state index contributed by atoms with van der Waals surface area (Å²) < 4.78 is 12.0. The van der Waals surface area contributed by atoms with E-state index in [0.717, 1.165) is 27.7 Å². The minimum absolute atomic E-state index is 0.0424. The molecular weight excluding hydrogens is 368 g/mol. The average Bonchev–Trinajstić information content (AvgIpc) is 3.36.